The Kier molecular flexibility index (Phi) is 3.74. The molecule has 0 aliphatic rings. The molecule has 4 heteroatoms. The van der Waals surface area contributed by atoms with Crippen molar-refractivity contribution in [2.45, 2.75) is 27.2 Å². The molecule has 0 amide bonds. The summed E-state index contributed by atoms with van der Waals surface area (Å²) < 4.78 is 0. The van der Waals surface area contributed by atoms with Crippen LogP contribution in [0.15, 0.2) is 17.8 Å². The second kappa shape index (κ2) is 5.27. The van der Waals surface area contributed by atoms with E-state index in [0.717, 1.165) is 30.0 Å². The summed E-state index contributed by atoms with van der Waals surface area (Å²) >= 11 is 1.75. The second-order valence-corrected chi connectivity index (χ2v) is 5.13. The largest absolute Gasteiger partial charge is 0.370 e. The van der Waals surface area contributed by atoms with Gasteiger partial charge in [-0.3, -0.25) is 0 Å². The maximum Gasteiger partial charge on any atom is 0.132 e. The van der Waals surface area contributed by atoms with Gasteiger partial charge in [0.1, 0.15) is 12.1 Å². The van der Waals surface area contributed by atoms with E-state index in [4.69, 9.17) is 0 Å². The first-order valence-corrected chi connectivity index (χ1v) is 6.72. The van der Waals surface area contributed by atoms with Gasteiger partial charge in [0.15, 0.2) is 0 Å². The quantitative estimate of drug-likeness (QED) is 0.896. The number of nitrogens with zero attached hydrogens (tertiary/aromatic N) is 2. The van der Waals surface area contributed by atoms with Crippen LogP contribution in [0.25, 0.3) is 11.3 Å². The molecule has 2 aromatic rings. The van der Waals surface area contributed by atoms with E-state index in [1.54, 1.807) is 17.7 Å². The molecule has 0 aliphatic heterocycles. The van der Waals surface area contributed by atoms with E-state index in [1.165, 1.54) is 10.4 Å². The predicted molar refractivity (Wildman–Crippen MR) is 73.6 cm³/mol. The molecule has 2 aromatic heterocycles. The zero-order chi connectivity index (χ0) is 12.3. The van der Waals surface area contributed by atoms with Crippen LogP contribution in [0.3, 0.4) is 0 Å². The molecule has 90 valence electrons. The first-order chi connectivity index (χ1) is 8.24. The van der Waals surface area contributed by atoms with Crippen molar-refractivity contribution in [2.75, 3.05) is 11.9 Å². The number of aryl methyl sites for hydroxylation is 1. The average Bonchev–Trinajstić information content (AvgIpc) is 2.74. The van der Waals surface area contributed by atoms with E-state index in [-0.39, 0.29) is 0 Å². The van der Waals surface area contributed by atoms with Crippen LogP contribution in [0.2, 0.25) is 0 Å². The van der Waals surface area contributed by atoms with Crippen molar-refractivity contribution in [1.82, 2.24) is 9.97 Å². The molecular weight excluding hydrogens is 230 g/mol. The predicted octanol–water partition coefficient (Wildman–Crippen LogP) is 3.64. The van der Waals surface area contributed by atoms with Gasteiger partial charge in [-0.1, -0.05) is 6.92 Å². The van der Waals surface area contributed by atoms with Gasteiger partial charge in [-0.25, -0.2) is 9.97 Å². The van der Waals surface area contributed by atoms with E-state index in [2.05, 4.69) is 47.5 Å². The molecule has 0 atom stereocenters. The van der Waals surface area contributed by atoms with Crippen molar-refractivity contribution in [1.29, 1.82) is 0 Å². The molecule has 17 heavy (non-hydrogen) atoms. The first kappa shape index (κ1) is 12.0. The SMILES string of the molecule is CCCNc1ncnc(-c2ccsc2C)c1C. The van der Waals surface area contributed by atoms with E-state index in [0.29, 0.717) is 0 Å². The summed E-state index contributed by atoms with van der Waals surface area (Å²) in [5.74, 6) is 0.947. The fourth-order valence-electron chi connectivity index (χ4n) is 1.77. The van der Waals surface area contributed by atoms with E-state index < -0.39 is 0 Å². The molecule has 0 saturated heterocycles. The maximum absolute atomic E-state index is 4.41. The molecule has 0 fully saturated rings. The van der Waals surface area contributed by atoms with Crippen molar-refractivity contribution >= 4 is 17.2 Å². The summed E-state index contributed by atoms with van der Waals surface area (Å²) in [6.45, 7) is 7.29. The topological polar surface area (TPSA) is 37.8 Å². The molecule has 3 nitrogen and oxygen atoms in total. The Morgan fingerprint density at radius 3 is 2.76 bits per heavy atom. The van der Waals surface area contributed by atoms with Crippen LogP contribution in [-0.4, -0.2) is 16.5 Å². The molecule has 1 N–H and O–H groups in total. The Morgan fingerprint density at radius 2 is 2.12 bits per heavy atom. The minimum absolute atomic E-state index is 0.944. The monoisotopic (exact) mass is 247 g/mol. The average molecular weight is 247 g/mol. The third kappa shape index (κ3) is 2.47. The smallest absolute Gasteiger partial charge is 0.132 e. The number of thiophene rings is 1. The summed E-state index contributed by atoms with van der Waals surface area (Å²) in [7, 11) is 0. The number of anilines is 1. The van der Waals surface area contributed by atoms with Crippen molar-refractivity contribution in [3.63, 3.8) is 0 Å². The minimum atomic E-state index is 0.944. The fraction of sp³-hybridized carbons (Fsp3) is 0.385. The van der Waals surface area contributed by atoms with Gasteiger partial charge in [0.2, 0.25) is 0 Å². The Balaban J connectivity index is 2.39. The van der Waals surface area contributed by atoms with Gasteiger partial charge >= 0.3 is 0 Å². The van der Waals surface area contributed by atoms with Crippen LogP contribution >= 0.6 is 11.3 Å². The molecule has 0 aromatic carbocycles. The zero-order valence-electron chi connectivity index (χ0n) is 10.4. The Morgan fingerprint density at radius 1 is 1.29 bits per heavy atom. The molecule has 0 aliphatic carbocycles. The lowest BCUT2D eigenvalue weighted by molar-refractivity contribution is 0.960. The molecule has 2 heterocycles. The highest BCUT2D eigenvalue weighted by atomic mass is 32.1. The number of nitrogens with one attached hydrogen (secondary N) is 1. The van der Waals surface area contributed by atoms with Crippen LogP contribution < -0.4 is 5.32 Å². The Bertz CT molecular complexity index is 505. The summed E-state index contributed by atoms with van der Waals surface area (Å²) in [4.78, 5) is 10.0. The highest BCUT2D eigenvalue weighted by Crippen LogP contribution is 2.30. The molecule has 0 radical (unpaired) electrons. The van der Waals surface area contributed by atoms with Crippen LogP contribution in [0.1, 0.15) is 23.8 Å². The highest BCUT2D eigenvalue weighted by molar-refractivity contribution is 7.10. The fourth-order valence-corrected chi connectivity index (χ4v) is 2.47. The first-order valence-electron chi connectivity index (χ1n) is 5.84. The molecule has 0 unspecified atom stereocenters. The van der Waals surface area contributed by atoms with Crippen LogP contribution in [0.5, 0.6) is 0 Å². The van der Waals surface area contributed by atoms with Crippen LogP contribution in [-0.2, 0) is 0 Å². The molecule has 0 saturated carbocycles. The summed E-state index contributed by atoms with van der Waals surface area (Å²) in [5.41, 5.74) is 3.38. The summed E-state index contributed by atoms with van der Waals surface area (Å²) in [5, 5.41) is 5.44. The Hall–Kier alpha value is -1.42. The van der Waals surface area contributed by atoms with Gasteiger partial charge in [0.05, 0.1) is 5.69 Å². The molecule has 2 rings (SSSR count). The van der Waals surface area contributed by atoms with Gasteiger partial charge in [-0.2, -0.15) is 0 Å². The van der Waals surface area contributed by atoms with Crippen LogP contribution in [0.4, 0.5) is 5.82 Å². The molecule has 0 bridgehead atoms. The van der Waals surface area contributed by atoms with Gasteiger partial charge in [-0.15, -0.1) is 11.3 Å². The highest BCUT2D eigenvalue weighted by Gasteiger charge is 2.11. The number of hydrogen-bond donors (Lipinski definition) is 1. The van der Waals surface area contributed by atoms with Gasteiger partial charge in [0.25, 0.3) is 0 Å². The second-order valence-electron chi connectivity index (χ2n) is 4.01. The van der Waals surface area contributed by atoms with Gasteiger partial charge in [0, 0.05) is 22.5 Å². The van der Waals surface area contributed by atoms with Gasteiger partial charge in [-0.05, 0) is 31.7 Å². The number of aromatic nitrogens is 2. The van der Waals surface area contributed by atoms with Crippen molar-refractivity contribution < 1.29 is 0 Å². The lowest BCUT2D eigenvalue weighted by Crippen LogP contribution is -2.05. The van der Waals surface area contributed by atoms with Crippen molar-refractivity contribution in [2.24, 2.45) is 0 Å². The zero-order valence-corrected chi connectivity index (χ0v) is 11.3. The summed E-state index contributed by atoms with van der Waals surface area (Å²) in [6.07, 6.45) is 2.73. The Labute approximate surface area is 106 Å². The van der Waals surface area contributed by atoms with Crippen LogP contribution in [0, 0.1) is 13.8 Å². The number of rotatable bonds is 4. The maximum atomic E-state index is 4.41. The molecular formula is C13H17N3S. The molecule has 0 spiro atoms. The minimum Gasteiger partial charge on any atom is -0.370 e. The van der Waals surface area contributed by atoms with Gasteiger partial charge < -0.3 is 5.32 Å². The third-order valence-electron chi connectivity index (χ3n) is 2.74. The van der Waals surface area contributed by atoms with Crippen molar-refractivity contribution in [3.05, 3.63) is 28.2 Å². The van der Waals surface area contributed by atoms with Crippen molar-refractivity contribution in [3.8, 4) is 11.3 Å². The number of hydrogen-bond acceptors (Lipinski definition) is 4. The van der Waals surface area contributed by atoms with E-state index in [9.17, 15) is 0 Å². The lowest BCUT2D eigenvalue weighted by atomic mass is 10.1. The van der Waals surface area contributed by atoms with E-state index >= 15 is 0 Å². The third-order valence-corrected chi connectivity index (χ3v) is 3.59. The normalized spacial score (nSPS) is 10.5. The standard InChI is InChI=1S/C13H17N3S/c1-4-6-14-13-9(2)12(15-8-16-13)11-5-7-17-10(11)3/h5,7-8H,4,6H2,1-3H3,(H,14,15,16). The summed E-state index contributed by atoms with van der Waals surface area (Å²) in [6, 6.07) is 2.12. The lowest BCUT2D eigenvalue weighted by Gasteiger charge is -2.10. The van der Waals surface area contributed by atoms with E-state index in [1.807, 2.05) is 0 Å².